The zero-order valence-electron chi connectivity index (χ0n) is 9.79. The van der Waals surface area contributed by atoms with Crippen LogP contribution >= 0.6 is 0 Å². The van der Waals surface area contributed by atoms with Gasteiger partial charge in [-0.3, -0.25) is 4.79 Å². The third-order valence-corrected chi connectivity index (χ3v) is 3.20. The number of carbonyl (C=O) groups excluding carboxylic acids is 1. The summed E-state index contributed by atoms with van der Waals surface area (Å²) in [7, 11) is 1.86. The summed E-state index contributed by atoms with van der Waals surface area (Å²) in [5.74, 6) is 0.190. The van der Waals surface area contributed by atoms with Crippen LogP contribution in [0.4, 0.5) is 0 Å². The second-order valence-electron chi connectivity index (χ2n) is 4.32. The number of hydrogen-bond acceptors (Lipinski definition) is 3. The van der Waals surface area contributed by atoms with Crippen LogP contribution in [0.25, 0.3) is 0 Å². The molecular weight excluding hydrogens is 192 g/mol. The van der Waals surface area contributed by atoms with Crippen molar-refractivity contribution >= 4 is 5.91 Å². The van der Waals surface area contributed by atoms with E-state index >= 15 is 0 Å². The Morgan fingerprint density at radius 1 is 1.47 bits per heavy atom. The first kappa shape index (κ1) is 12.5. The van der Waals surface area contributed by atoms with Crippen LogP contribution in [-0.2, 0) is 9.53 Å². The predicted molar refractivity (Wildman–Crippen MR) is 59.5 cm³/mol. The van der Waals surface area contributed by atoms with Crippen molar-refractivity contribution in [3.8, 4) is 0 Å². The minimum absolute atomic E-state index is 0.190. The molecule has 0 aliphatic carbocycles. The minimum Gasteiger partial charge on any atom is -0.381 e. The molecule has 1 rings (SSSR count). The van der Waals surface area contributed by atoms with E-state index in [1.165, 1.54) is 0 Å². The Kier molecular flexibility index (Phi) is 4.54. The van der Waals surface area contributed by atoms with Gasteiger partial charge in [-0.2, -0.15) is 0 Å². The van der Waals surface area contributed by atoms with Gasteiger partial charge in [0.25, 0.3) is 0 Å². The molecule has 1 saturated heterocycles. The smallest absolute Gasteiger partial charge is 0.229 e. The first-order valence-electron chi connectivity index (χ1n) is 5.69. The van der Waals surface area contributed by atoms with Crippen LogP contribution < -0.4 is 5.73 Å². The van der Waals surface area contributed by atoms with Crippen molar-refractivity contribution in [1.82, 2.24) is 4.90 Å². The average Bonchev–Trinajstić information content (AvgIpc) is 2.29. The lowest BCUT2D eigenvalue weighted by Gasteiger charge is -2.37. The van der Waals surface area contributed by atoms with Gasteiger partial charge < -0.3 is 15.4 Å². The van der Waals surface area contributed by atoms with Gasteiger partial charge in [-0.15, -0.1) is 0 Å². The maximum absolute atomic E-state index is 12.2. The summed E-state index contributed by atoms with van der Waals surface area (Å²) >= 11 is 0. The number of hydrogen-bond donors (Lipinski definition) is 1. The maximum Gasteiger partial charge on any atom is 0.229 e. The van der Waals surface area contributed by atoms with Gasteiger partial charge in [-0.25, -0.2) is 0 Å². The summed E-state index contributed by atoms with van der Waals surface area (Å²) in [5, 5.41) is 0. The topological polar surface area (TPSA) is 55.6 Å². The van der Waals surface area contributed by atoms with Gasteiger partial charge in [0, 0.05) is 33.4 Å². The van der Waals surface area contributed by atoms with E-state index in [1.807, 2.05) is 7.05 Å². The standard InChI is InChI=1S/C11H22N2O2/c1-3-6-13(2)10(14)11(9-12)4-7-15-8-5-11/h3-9,12H2,1-2H3. The van der Waals surface area contributed by atoms with Crippen molar-refractivity contribution in [3.05, 3.63) is 0 Å². The molecule has 1 aliphatic rings. The Balaban J connectivity index is 2.67. The van der Waals surface area contributed by atoms with Crippen LogP contribution in [0.15, 0.2) is 0 Å². The third kappa shape index (κ3) is 2.69. The molecule has 2 N–H and O–H groups in total. The fourth-order valence-corrected chi connectivity index (χ4v) is 2.11. The molecule has 0 aromatic carbocycles. The lowest BCUT2D eigenvalue weighted by Crippen LogP contribution is -2.49. The maximum atomic E-state index is 12.2. The molecule has 0 bridgehead atoms. The second kappa shape index (κ2) is 5.47. The zero-order chi connectivity index (χ0) is 11.3. The second-order valence-corrected chi connectivity index (χ2v) is 4.32. The van der Waals surface area contributed by atoms with E-state index in [4.69, 9.17) is 10.5 Å². The summed E-state index contributed by atoms with van der Waals surface area (Å²) < 4.78 is 5.29. The van der Waals surface area contributed by atoms with E-state index in [0.29, 0.717) is 19.8 Å². The lowest BCUT2D eigenvalue weighted by molar-refractivity contribution is -0.145. The van der Waals surface area contributed by atoms with Crippen molar-refractivity contribution in [1.29, 1.82) is 0 Å². The first-order chi connectivity index (χ1) is 7.16. The van der Waals surface area contributed by atoms with E-state index in [-0.39, 0.29) is 11.3 Å². The molecule has 1 heterocycles. The largest absolute Gasteiger partial charge is 0.381 e. The molecule has 0 unspecified atom stereocenters. The molecule has 4 heteroatoms. The fourth-order valence-electron chi connectivity index (χ4n) is 2.11. The van der Waals surface area contributed by atoms with Gasteiger partial charge in [-0.05, 0) is 19.3 Å². The van der Waals surface area contributed by atoms with Crippen molar-refractivity contribution in [2.45, 2.75) is 26.2 Å². The van der Waals surface area contributed by atoms with Crippen LogP contribution in [0.2, 0.25) is 0 Å². The Morgan fingerprint density at radius 2 is 2.07 bits per heavy atom. The van der Waals surface area contributed by atoms with Gasteiger partial charge in [0.1, 0.15) is 0 Å². The highest BCUT2D eigenvalue weighted by Crippen LogP contribution is 2.31. The Hall–Kier alpha value is -0.610. The van der Waals surface area contributed by atoms with E-state index in [0.717, 1.165) is 25.8 Å². The lowest BCUT2D eigenvalue weighted by atomic mass is 9.79. The van der Waals surface area contributed by atoms with Crippen molar-refractivity contribution in [2.24, 2.45) is 11.1 Å². The number of nitrogens with two attached hydrogens (primary N) is 1. The quantitative estimate of drug-likeness (QED) is 0.746. The van der Waals surface area contributed by atoms with Crippen LogP contribution in [-0.4, -0.2) is 44.2 Å². The third-order valence-electron chi connectivity index (χ3n) is 3.20. The molecule has 0 aromatic heterocycles. The van der Waals surface area contributed by atoms with E-state index < -0.39 is 0 Å². The molecule has 4 nitrogen and oxygen atoms in total. The summed E-state index contributed by atoms with van der Waals surface area (Å²) in [6.07, 6.45) is 2.51. The van der Waals surface area contributed by atoms with Crippen LogP contribution in [0.3, 0.4) is 0 Å². The van der Waals surface area contributed by atoms with E-state index in [1.54, 1.807) is 4.90 Å². The summed E-state index contributed by atoms with van der Waals surface area (Å²) in [6.45, 7) is 4.62. The summed E-state index contributed by atoms with van der Waals surface area (Å²) in [5.41, 5.74) is 5.41. The zero-order valence-corrected chi connectivity index (χ0v) is 9.79. The van der Waals surface area contributed by atoms with E-state index in [9.17, 15) is 4.79 Å². The normalized spacial score (nSPS) is 19.9. The highest BCUT2D eigenvalue weighted by atomic mass is 16.5. The van der Waals surface area contributed by atoms with Gasteiger partial charge in [0.05, 0.1) is 5.41 Å². The minimum atomic E-state index is -0.359. The van der Waals surface area contributed by atoms with Crippen LogP contribution in [0.5, 0.6) is 0 Å². The highest BCUT2D eigenvalue weighted by molar-refractivity contribution is 5.82. The van der Waals surface area contributed by atoms with Gasteiger partial charge in [0.2, 0.25) is 5.91 Å². The van der Waals surface area contributed by atoms with Crippen LogP contribution in [0, 0.1) is 5.41 Å². The van der Waals surface area contributed by atoms with Gasteiger partial charge in [-0.1, -0.05) is 6.92 Å². The van der Waals surface area contributed by atoms with Crippen molar-refractivity contribution < 1.29 is 9.53 Å². The van der Waals surface area contributed by atoms with Gasteiger partial charge >= 0.3 is 0 Å². The molecule has 1 fully saturated rings. The fraction of sp³-hybridized carbons (Fsp3) is 0.909. The molecule has 1 amide bonds. The molecule has 0 saturated carbocycles. The number of rotatable bonds is 4. The first-order valence-corrected chi connectivity index (χ1v) is 5.69. The number of amides is 1. The monoisotopic (exact) mass is 214 g/mol. The van der Waals surface area contributed by atoms with Crippen LogP contribution in [0.1, 0.15) is 26.2 Å². The number of nitrogens with zero attached hydrogens (tertiary/aromatic N) is 1. The molecule has 0 atom stereocenters. The molecule has 1 aliphatic heterocycles. The Labute approximate surface area is 91.8 Å². The predicted octanol–water partition coefficient (Wildman–Crippen LogP) is 0.610. The molecule has 15 heavy (non-hydrogen) atoms. The van der Waals surface area contributed by atoms with Crippen molar-refractivity contribution in [2.75, 3.05) is 33.4 Å². The Bertz CT molecular complexity index is 213. The average molecular weight is 214 g/mol. The highest BCUT2D eigenvalue weighted by Gasteiger charge is 2.40. The summed E-state index contributed by atoms with van der Waals surface area (Å²) in [4.78, 5) is 14.0. The van der Waals surface area contributed by atoms with Crippen molar-refractivity contribution in [3.63, 3.8) is 0 Å². The molecule has 88 valence electrons. The number of carbonyl (C=O) groups is 1. The Morgan fingerprint density at radius 3 is 2.53 bits per heavy atom. The van der Waals surface area contributed by atoms with E-state index in [2.05, 4.69) is 6.92 Å². The molecule has 0 aromatic rings. The van der Waals surface area contributed by atoms with Gasteiger partial charge in [0.15, 0.2) is 0 Å². The summed E-state index contributed by atoms with van der Waals surface area (Å²) in [6, 6.07) is 0. The molecular formula is C11H22N2O2. The number of ether oxygens (including phenoxy) is 1. The molecule has 0 spiro atoms. The molecule has 0 radical (unpaired) electrons. The SMILES string of the molecule is CCCN(C)C(=O)C1(CN)CCOCC1.